The Labute approximate surface area is 156 Å². The van der Waals surface area contributed by atoms with E-state index in [2.05, 4.69) is 0 Å². The Morgan fingerprint density at radius 3 is 2.19 bits per heavy atom. The molecule has 27 heavy (non-hydrogen) atoms. The van der Waals surface area contributed by atoms with Gasteiger partial charge in [-0.25, -0.2) is 4.79 Å². The predicted molar refractivity (Wildman–Crippen MR) is 107 cm³/mol. The van der Waals surface area contributed by atoms with Crippen LogP contribution >= 0.6 is 0 Å². The van der Waals surface area contributed by atoms with Gasteiger partial charge in [0.2, 0.25) is 5.78 Å². The molecule has 0 saturated heterocycles. The summed E-state index contributed by atoms with van der Waals surface area (Å²) in [7, 11) is 0. The fourth-order valence-corrected chi connectivity index (χ4v) is 3.49. The molecule has 4 aromatic rings. The minimum Gasteiger partial charge on any atom is -0.422 e. The number of rotatable bonds is 3. The SMILES string of the molecule is Cc1ccccc1C(=O)c1c(-c2ccccc2)c2c(C)cccc2oc1=O. The van der Waals surface area contributed by atoms with Crippen LogP contribution in [0.5, 0.6) is 0 Å². The molecule has 3 aromatic carbocycles. The van der Waals surface area contributed by atoms with Gasteiger partial charge in [0.25, 0.3) is 0 Å². The highest BCUT2D eigenvalue weighted by Crippen LogP contribution is 2.33. The second-order valence-electron chi connectivity index (χ2n) is 6.60. The van der Waals surface area contributed by atoms with Gasteiger partial charge in [-0.2, -0.15) is 0 Å². The van der Waals surface area contributed by atoms with E-state index in [9.17, 15) is 9.59 Å². The van der Waals surface area contributed by atoms with Crippen molar-refractivity contribution in [3.63, 3.8) is 0 Å². The summed E-state index contributed by atoms with van der Waals surface area (Å²) in [5, 5.41) is 0.792. The number of carbonyl (C=O) groups excluding carboxylic acids is 1. The topological polar surface area (TPSA) is 47.3 Å². The molecule has 1 heterocycles. The van der Waals surface area contributed by atoms with E-state index < -0.39 is 5.63 Å². The maximum atomic E-state index is 13.4. The molecule has 1 aromatic heterocycles. The summed E-state index contributed by atoms with van der Waals surface area (Å²) >= 11 is 0. The van der Waals surface area contributed by atoms with E-state index in [0.717, 1.165) is 22.1 Å². The molecule has 3 nitrogen and oxygen atoms in total. The second-order valence-corrected chi connectivity index (χ2v) is 6.60. The number of aryl methyl sites for hydroxylation is 2. The van der Waals surface area contributed by atoms with Gasteiger partial charge in [-0.15, -0.1) is 0 Å². The van der Waals surface area contributed by atoms with Gasteiger partial charge < -0.3 is 4.42 Å². The van der Waals surface area contributed by atoms with Crippen LogP contribution in [-0.4, -0.2) is 5.78 Å². The van der Waals surface area contributed by atoms with E-state index in [-0.39, 0.29) is 11.3 Å². The van der Waals surface area contributed by atoms with E-state index in [0.29, 0.717) is 16.7 Å². The molecule has 0 radical (unpaired) electrons. The molecular formula is C24H18O3. The van der Waals surface area contributed by atoms with Crippen molar-refractivity contribution >= 4 is 16.8 Å². The molecule has 0 saturated carbocycles. The van der Waals surface area contributed by atoms with E-state index in [1.54, 1.807) is 18.2 Å². The van der Waals surface area contributed by atoms with Crippen molar-refractivity contribution < 1.29 is 9.21 Å². The van der Waals surface area contributed by atoms with Crippen molar-refractivity contribution in [1.29, 1.82) is 0 Å². The number of benzene rings is 3. The van der Waals surface area contributed by atoms with Crippen LogP contribution in [0.15, 0.2) is 82.0 Å². The third kappa shape index (κ3) is 2.87. The third-order valence-corrected chi connectivity index (χ3v) is 4.82. The minimum atomic E-state index is -0.611. The van der Waals surface area contributed by atoms with Gasteiger partial charge in [0.1, 0.15) is 11.1 Å². The predicted octanol–water partition coefficient (Wildman–Crippen LogP) is 5.31. The highest BCUT2D eigenvalue weighted by molar-refractivity contribution is 6.17. The average Bonchev–Trinajstić information content (AvgIpc) is 2.68. The largest absolute Gasteiger partial charge is 0.422 e. The quantitative estimate of drug-likeness (QED) is 0.370. The molecule has 4 rings (SSSR count). The zero-order chi connectivity index (χ0) is 19.0. The standard InChI is InChI=1S/C24H18O3/c1-15-9-6-7-13-18(15)23(25)22-21(17-11-4-3-5-12-17)20-16(2)10-8-14-19(20)27-24(22)26/h3-14H,1-2H3. The van der Waals surface area contributed by atoms with Crippen molar-refractivity contribution in [2.45, 2.75) is 13.8 Å². The molecular weight excluding hydrogens is 336 g/mol. The van der Waals surface area contributed by atoms with Crippen molar-refractivity contribution in [2.75, 3.05) is 0 Å². The van der Waals surface area contributed by atoms with Gasteiger partial charge in [-0.05, 0) is 36.6 Å². The van der Waals surface area contributed by atoms with E-state index in [1.807, 2.05) is 68.4 Å². The number of fused-ring (bicyclic) bond motifs is 1. The minimum absolute atomic E-state index is 0.0808. The van der Waals surface area contributed by atoms with Crippen LogP contribution in [0.2, 0.25) is 0 Å². The first-order chi connectivity index (χ1) is 13.1. The van der Waals surface area contributed by atoms with E-state index >= 15 is 0 Å². The Morgan fingerprint density at radius 1 is 0.778 bits per heavy atom. The number of hydrogen-bond donors (Lipinski definition) is 0. The fourth-order valence-electron chi connectivity index (χ4n) is 3.49. The van der Waals surface area contributed by atoms with Crippen molar-refractivity contribution in [1.82, 2.24) is 0 Å². The molecule has 0 spiro atoms. The summed E-state index contributed by atoms with van der Waals surface area (Å²) in [5.74, 6) is -0.314. The summed E-state index contributed by atoms with van der Waals surface area (Å²) in [6.07, 6.45) is 0. The average molecular weight is 354 g/mol. The summed E-state index contributed by atoms with van der Waals surface area (Å²) in [6, 6.07) is 22.4. The van der Waals surface area contributed by atoms with Crippen LogP contribution < -0.4 is 5.63 Å². The highest BCUT2D eigenvalue weighted by Gasteiger charge is 2.24. The maximum absolute atomic E-state index is 13.4. The van der Waals surface area contributed by atoms with Crippen LogP contribution in [0, 0.1) is 13.8 Å². The molecule has 0 aliphatic carbocycles. The molecule has 0 aliphatic heterocycles. The molecule has 0 aliphatic rings. The number of hydrogen-bond acceptors (Lipinski definition) is 3. The van der Waals surface area contributed by atoms with Crippen molar-refractivity contribution in [3.8, 4) is 11.1 Å². The molecule has 3 heteroatoms. The van der Waals surface area contributed by atoms with Crippen molar-refractivity contribution in [3.05, 3.63) is 105 Å². The van der Waals surface area contributed by atoms with Crippen LogP contribution in [0.25, 0.3) is 22.1 Å². The van der Waals surface area contributed by atoms with Crippen LogP contribution in [0.3, 0.4) is 0 Å². The molecule has 0 fully saturated rings. The Kier molecular flexibility index (Phi) is 4.21. The summed E-state index contributed by atoms with van der Waals surface area (Å²) in [4.78, 5) is 26.3. The lowest BCUT2D eigenvalue weighted by Crippen LogP contribution is -2.18. The van der Waals surface area contributed by atoms with Crippen LogP contribution in [0.4, 0.5) is 0 Å². The Morgan fingerprint density at radius 2 is 1.44 bits per heavy atom. The summed E-state index contributed by atoms with van der Waals surface area (Å²) in [5.41, 5.74) is 3.70. The first-order valence-corrected chi connectivity index (χ1v) is 8.80. The van der Waals surface area contributed by atoms with Crippen LogP contribution in [-0.2, 0) is 0 Å². The summed E-state index contributed by atoms with van der Waals surface area (Å²) in [6.45, 7) is 3.82. The molecule has 0 unspecified atom stereocenters. The maximum Gasteiger partial charge on any atom is 0.348 e. The molecule has 0 N–H and O–H groups in total. The number of ketones is 1. The third-order valence-electron chi connectivity index (χ3n) is 4.82. The smallest absolute Gasteiger partial charge is 0.348 e. The van der Waals surface area contributed by atoms with Gasteiger partial charge in [0, 0.05) is 16.5 Å². The second kappa shape index (κ2) is 6.69. The lowest BCUT2D eigenvalue weighted by Gasteiger charge is -2.14. The Balaban J connectivity index is 2.14. The lowest BCUT2D eigenvalue weighted by atomic mass is 9.90. The van der Waals surface area contributed by atoms with Gasteiger partial charge in [0.05, 0.1) is 0 Å². The molecule has 0 amide bonds. The van der Waals surface area contributed by atoms with E-state index in [4.69, 9.17) is 4.42 Å². The lowest BCUT2D eigenvalue weighted by molar-refractivity contribution is 0.103. The molecule has 0 bridgehead atoms. The van der Waals surface area contributed by atoms with E-state index in [1.165, 1.54) is 0 Å². The Hall–Kier alpha value is -3.46. The Bertz CT molecular complexity index is 1220. The summed E-state index contributed by atoms with van der Waals surface area (Å²) < 4.78 is 5.54. The zero-order valence-corrected chi connectivity index (χ0v) is 15.2. The molecule has 0 atom stereocenters. The van der Waals surface area contributed by atoms with Gasteiger partial charge in [-0.1, -0.05) is 66.7 Å². The normalized spacial score (nSPS) is 10.9. The molecule has 132 valence electrons. The monoisotopic (exact) mass is 354 g/mol. The first-order valence-electron chi connectivity index (χ1n) is 8.80. The van der Waals surface area contributed by atoms with Gasteiger partial charge in [0.15, 0.2) is 0 Å². The first kappa shape index (κ1) is 17.0. The van der Waals surface area contributed by atoms with Gasteiger partial charge in [-0.3, -0.25) is 4.79 Å². The van der Waals surface area contributed by atoms with Crippen LogP contribution in [0.1, 0.15) is 27.0 Å². The fraction of sp³-hybridized carbons (Fsp3) is 0.0833. The zero-order valence-electron chi connectivity index (χ0n) is 15.2. The van der Waals surface area contributed by atoms with Crippen molar-refractivity contribution in [2.24, 2.45) is 0 Å². The van der Waals surface area contributed by atoms with Gasteiger partial charge >= 0.3 is 5.63 Å². The highest BCUT2D eigenvalue weighted by atomic mass is 16.4. The number of carbonyl (C=O) groups is 1.